The van der Waals surface area contributed by atoms with Gasteiger partial charge in [-0.25, -0.2) is 0 Å². The van der Waals surface area contributed by atoms with Crippen molar-refractivity contribution in [3.63, 3.8) is 0 Å². The van der Waals surface area contributed by atoms with Gasteiger partial charge in [0, 0.05) is 5.69 Å². The van der Waals surface area contributed by atoms with Crippen molar-refractivity contribution in [2.75, 3.05) is 18.5 Å². The normalized spacial score (nSPS) is 22.8. The Labute approximate surface area is 98.9 Å². The molecule has 0 spiro atoms. The Morgan fingerprint density at radius 2 is 2.00 bits per heavy atom. The molecular formula is C12H11N3O2. The molecule has 0 aliphatic carbocycles. The topological polar surface area (TPSA) is 89.1 Å². The number of nitrogens with zero attached hydrogens (tertiary/aromatic N) is 2. The predicted octanol–water partition coefficient (Wildman–Crippen LogP) is 0.602. The zero-order valence-electron chi connectivity index (χ0n) is 9.05. The summed E-state index contributed by atoms with van der Waals surface area (Å²) in [5.41, 5.74) is 1.38. The molecule has 1 aliphatic rings. The van der Waals surface area contributed by atoms with Crippen molar-refractivity contribution in [3.8, 4) is 12.1 Å². The van der Waals surface area contributed by atoms with Crippen molar-refractivity contribution in [1.29, 1.82) is 10.5 Å². The summed E-state index contributed by atoms with van der Waals surface area (Å²) in [5, 5.41) is 30.3. The molecule has 2 atom stereocenters. The molecule has 86 valence electrons. The lowest BCUT2D eigenvalue weighted by atomic mass is 10.1. The number of nitriles is 2. The first-order chi connectivity index (χ1) is 8.24. The summed E-state index contributed by atoms with van der Waals surface area (Å²) in [6.07, 6.45) is -0.545. The molecule has 0 radical (unpaired) electrons. The number of aliphatic hydroxyl groups excluding tert-OH is 1. The maximum Gasteiger partial charge on any atom is 0.101 e. The van der Waals surface area contributed by atoms with Crippen molar-refractivity contribution in [2.45, 2.75) is 12.1 Å². The monoisotopic (exact) mass is 229 g/mol. The van der Waals surface area contributed by atoms with Crippen LogP contribution in [0.2, 0.25) is 0 Å². The Balaban J connectivity index is 2.18. The third kappa shape index (κ3) is 2.36. The quantitative estimate of drug-likeness (QED) is 0.775. The average molecular weight is 229 g/mol. The van der Waals surface area contributed by atoms with Crippen molar-refractivity contribution in [1.82, 2.24) is 0 Å². The van der Waals surface area contributed by atoms with Crippen molar-refractivity contribution in [2.24, 2.45) is 0 Å². The van der Waals surface area contributed by atoms with Gasteiger partial charge in [-0.1, -0.05) is 0 Å². The van der Waals surface area contributed by atoms with Gasteiger partial charge in [0.15, 0.2) is 0 Å². The van der Waals surface area contributed by atoms with E-state index in [1.165, 1.54) is 0 Å². The number of rotatable bonds is 2. The molecule has 2 rings (SSSR count). The SMILES string of the molecule is N#Cc1ccc(NC2COCC2O)cc1C#N. The van der Waals surface area contributed by atoms with Crippen LogP contribution in [-0.4, -0.2) is 30.5 Å². The first kappa shape index (κ1) is 11.4. The summed E-state index contributed by atoms with van der Waals surface area (Å²) in [7, 11) is 0. The summed E-state index contributed by atoms with van der Waals surface area (Å²) in [6.45, 7) is 0.752. The van der Waals surface area contributed by atoms with E-state index in [1.54, 1.807) is 18.2 Å². The summed E-state index contributed by atoms with van der Waals surface area (Å²) in [4.78, 5) is 0. The van der Waals surface area contributed by atoms with Crippen LogP contribution in [0.5, 0.6) is 0 Å². The second kappa shape index (κ2) is 4.84. The van der Waals surface area contributed by atoms with Crippen LogP contribution in [0.3, 0.4) is 0 Å². The Kier molecular flexibility index (Phi) is 3.24. The largest absolute Gasteiger partial charge is 0.388 e. The molecule has 17 heavy (non-hydrogen) atoms. The summed E-state index contributed by atoms with van der Waals surface area (Å²) >= 11 is 0. The molecule has 2 N–H and O–H groups in total. The molecule has 0 saturated carbocycles. The molecule has 1 heterocycles. The van der Waals surface area contributed by atoms with Crippen LogP contribution in [0.1, 0.15) is 11.1 Å². The minimum atomic E-state index is -0.545. The Bertz CT molecular complexity index is 501. The molecule has 1 aliphatic heterocycles. The van der Waals surface area contributed by atoms with E-state index in [2.05, 4.69) is 5.32 Å². The molecule has 1 aromatic rings. The molecule has 1 aromatic carbocycles. The second-order valence-corrected chi connectivity index (χ2v) is 3.84. The van der Waals surface area contributed by atoms with Crippen LogP contribution in [0.4, 0.5) is 5.69 Å². The molecule has 0 aromatic heterocycles. The van der Waals surface area contributed by atoms with E-state index in [1.807, 2.05) is 12.1 Å². The zero-order chi connectivity index (χ0) is 12.3. The van der Waals surface area contributed by atoms with Crippen molar-refractivity contribution >= 4 is 5.69 Å². The fourth-order valence-electron chi connectivity index (χ4n) is 1.72. The van der Waals surface area contributed by atoms with Gasteiger partial charge >= 0.3 is 0 Å². The number of anilines is 1. The van der Waals surface area contributed by atoms with Gasteiger partial charge < -0.3 is 15.2 Å². The number of hydrogen-bond donors (Lipinski definition) is 2. The molecule has 0 bridgehead atoms. The summed E-state index contributed by atoms with van der Waals surface area (Å²) < 4.78 is 5.11. The average Bonchev–Trinajstić information content (AvgIpc) is 2.75. The van der Waals surface area contributed by atoms with Crippen LogP contribution in [-0.2, 0) is 4.74 Å². The van der Waals surface area contributed by atoms with E-state index in [0.29, 0.717) is 30.0 Å². The number of nitrogens with one attached hydrogen (secondary N) is 1. The number of ether oxygens (including phenoxy) is 1. The van der Waals surface area contributed by atoms with Gasteiger partial charge in [-0.3, -0.25) is 0 Å². The van der Waals surface area contributed by atoms with E-state index >= 15 is 0 Å². The van der Waals surface area contributed by atoms with Crippen LogP contribution < -0.4 is 5.32 Å². The molecule has 5 heteroatoms. The first-order valence-electron chi connectivity index (χ1n) is 5.21. The molecule has 2 unspecified atom stereocenters. The summed E-state index contributed by atoms with van der Waals surface area (Å²) in [5.74, 6) is 0. The maximum atomic E-state index is 9.57. The first-order valence-corrected chi connectivity index (χ1v) is 5.21. The van der Waals surface area contributed by atoms with E-state index in [4.69, 9.17) is 15.3 Å². The molecule has 0 amide bonds. The minimum absolute atomic E-state index is 0.172. The standard InChI is InChI=1S/C12H11N3O2/c13-4-8-1-2-10(3-9(8)5-14)15-11-6-17-7-12(11)16/h1-3,11-12,15-16H,6-7H2. The Morgan fingerprint density at radius 3 is 2.59 bits per heavy atom. The number of aliphatic hydroxyl groups is 1. The fraction of sp³-hybridized carbons (Fsp3) is 0.333. The molecule has 1 saturated heterocycles. The third-order valence-electron chi connectivity index (χ3n) is 2.66. The fourth-order valence-corrected chi connectivity index (χ4v) is 1.72. The number of hydrogen-bond acceptors (Lipinski definition) is 5. The molecule has 5 nitrogen and oxygen atoms in total. The van der Waals surface area contributed by atoms with Gasteiger partial charge in [-0.15, -0.1) is 0 Å². The minimum Gasteiger partial charge on any atom is -0.388 e. The smallest absolute Gasteiger partial charge is 0.101 e. The Hall–Kier alpha value is -2.08. The van der Waals surface area contributed by atoms with E-state index in [9.17, 15) is 5.11 Å². The highest BCUT2D eigenvalue weighted by molar-refractivity contribution is 5.56. The van der Waals surface area contributed by atoms with Crippen LogP contribution >= 0.6 is 0 Å². The van der Waals surface area contributed by atoms with Crippen molar-refractivity contribution < 1.29 is 9.84 Å². The lowest BCUT2D eigenvalue weighted by Gasteiger charge is -2.16. The zero-order valence-corrected chi connectivity index (χ0v) is 9.05. The van der Waals surface area contributed by atoms with E-state index < -0.39 is 6.10 Å². The van der Waals surface area contributed by atoms with Gasteiger partial charge in [-0.2, -0.15) is 10.5 Å². The highest BCUT2D eigenvalue weighted by Crippen LogP contribution is 2.18. The van der Waals surface area contributed by atoms with Crippen LogP contribution in [0.15, 0.2) is 18.2 Å². The van der Waals surface area contributed by atoms with Gasteiger partial charge in [0.05, 0.1) is 36.5 Å². The van der Waals surface area contributed by atoms with Crippen LogP contribution in [0.25, 0.3) is 0 Å². The second-order valence-electron chi connectivity index (χ2n) is 3.84. The number of benzene rings is 1. The predicted molar refractivity (Wildman–Crippen MR) is 60.1 cm³/mol. The van der Waals surface area contributed by atoms with Gasteiger partial charge in [-0.05, 0) is 18.2 Å². The molecule has 1 fully saturated rings. The lowest BCUT2D eigenvalue weighted by Crippen LogP contribution is -2.31. The summed E-state index contributed by atoms with van der Waals surface area (Å²) in [6, 6.07) is 8.65. The highest BCUT2D eigenvalue weighted by atomic mass is 16.5. The maximum absolute atomic E-state index is 9.57. The third-order valence-corrected chi connectivity index (χ3v) is 2.66. The Morgan fingerprint density at radius 1 is 1.24 bits per heavy atom. The van der Waals surface area contributed by atoms with Crippen LogP contribution in [0, 0.1) is 22.7 Å². The van der Waals surface area contributed by atoms with Crippen molar-refractivity contribution in [3.05, 3.63) is 29.3 Å². The molecular weight excluding hydrogens is 218 g/mol. The van der Waals surface area contributed by atoms with E-state index in [0.717, 1.165) is 0 Å². The lowest BCUT2D eigenvalue weighted by molar-refractivity contribution is 0.125. The van der Waals surface area contributed by atoms with Gasteiger partial charge in [0.1, 0.15) is 12.1 Å². The van der Waals surface area contributed by atoms with E-state index in [-0.39, 0.29) is 6.04 Å². The highest BCUT2D eigenvalue weighted by Gasteiger charge is 2.25. The van der Waals surface area contributed by atoms with Gasteiger partial charge in [0.2, 0.25) is 0 Å². The van der Waals surface area contributed by atoms with Gasteiger partial charge in [0.25, 0.3) is 0 Å².